The van der Waals surface area contributed by atoms with Crippen molar-refractivity contribution in [1.82, 2.24) is 23.6 Å². The van der Waals surface area contributed by atoms with E-state index in [1.54, 1.807) is 10.8 Å². The molecule has 3 atom stereocenters. The third-order valence-electron chi connectivity index (χ3n) is 4.60. The molecule has 1 aliphatic heterocycles. The van der Waals surface area contributed by atoms with Crippen LogP contribution in [-0.2, 0) is 14.9 Å². The average Bonchev–Trinajstić information content (AvgIpc) is 3.12. The minimum absolute atomic E-state index is 0.193. The van der Waals surface area contributed by atoms with Crippen LogP contribution in [0.15, 0.2) is 12.5 Å². The van der Waals surface area contributed by atoms with Gasteiger partial charge >= 0.3 is 16.3 Å². The molecule has 12 nitrogen and oxygen atoms in total. The summed E-state index contributed by atoms with van der Waals surface area (Å²) in [4.78, 5) is 19.7. The number of halogens is 1. The van der Waals surface area contributed by atoms with Gasteiger partial charge in [0.1, 0.15) is 24.0 Å². The molecule has 0 unspecified atom stereocenters. The quantitative estimate of drug-likeness (QED) is 0.392. The summed E-state index contributed by atoms with van der Waals surface area (Å²) in [6, 6.07) is 0. The van der Waals surface area contributed by atoms with Crippen molar-refractivity contribution in [2.75, 3.05) is 12.3 Å². The molecule has 14 heteroatoms. The zero-order valence-corrected chi connectivity index (χ0v) is 19.5. The van der Waals surface area contributed by atoms with E-state index in [9.17, 15) is 23.4 Å². The Labute approximate surface area is 186 Å². The second-order valence-electron chi connectivity index (χ2n) is 7.85. The summed E-state index contributed by atoms with van der Waals surface area (Å²) < 4.78 is 36.0. The molecule has 3 heterocycles. The number of ether oxygens (including phenoxy) is 1. The number of aromatic nitrogens is 3. The molecule has 0 saturated carbocycles. The predicted molar refractivity (Wildman–Crippen MR) is 116 cm³/mol. The fraction of sp³-hybridized carbons (Fsp3) is 0.562. The van der Waals surface area contributed by atoms with Crippen molar-refractivity contribution in [2.45, 2.75) is 51.2 Å². The molecule has 0 spiro atoms. The molecule has 5 N–H and O–H groups in total. The number of fused-ring (bicyclic) bond motifs is 1. The van der Waals surface area contributed by atoms with E-state index in [4.69, 9.17) is 10.5 Å². The van der Waals surface area contributed by atoms with E-state index < -0.39 is 40.3 Å². The minimum atomic E-state index is -4.36. The Bertz CT molecular complexity index is 1070. The predicted octanol–water partition coefficient (Wildman–Crippen LogP) is 0.879. The number of nitrogens with two attached hydrogens (primary N) is 1. The number of anilines is 1. The number of rotatable bonds is 5. The number of hydrogen-bond acceptors (Lipinski definition) is 8. The second-order valence-corrected chi connectivity index (χ2v) is 10.6. The molecule has 0 aliphatic carbocycles. The van der Waals surface area contributed by atoms with Crippen LogP contribution in [0, 0.1) is 3.57 Å². The first-order chi connectivity index (χ1) is 13.8. The summed E-state index contributed by atoms with van der Waals surface area (Å²) >= 11 is 2.10. The fourth-order valence-corrected chi connectivity index (χ4v) is 5.60. The first-order valence-electron chi connectivity index (χ1n) is 8.96. The number of amides is 1. The lowest BCUT2D eigenvalue weighted by atomic mass is 10.1. The van der Waals surface area contributed by atoms with Crippen molar-refractivity contribution in [3.8, 4) is 0 Å². The maximum Gasteiger partial charge on any atom is 0.422 e. The van der Waals surface area contributed by atoms with Gasteiger partial charge in [0.25, 0.3) is 0 Å². The van der Waals surface area contributed by atoms with Crippen LogP contribution in [0.5, 0.6) is 0 Å². The Morgan fingerprint density at radius 2 is 2.13 bits per heavy atom. The van der Waals surface area contributed by atoms with Gasteiger partial charge in [0.2, 0.25) is 0 Å². The van der Waals surface area contributed by atoms with E-state index in [0.29, 0.717) is 21.2 Å². The lowest BCUT2D eigenvalue weighted by Crippen LogP contribution is -2.54. The van der Waals surface area contributed by atoms with Crippen LogP contribution in [0.3, 0.4) is 0 Å². The molecule has 2 aromatic rings. The number of aliphatic hydroxyl groups excluding tert-OH is 1. The van der Waals surface area contributed by atoms with E-state index in [-0.39, 0.29) is 13.0 Å². The number of nitrogens with zero attached hydrogens (tertiary/aromatic N) is 4. The summed E-state index contributed by atoms with van der Waals surface area (Å²) in [6.07, 6.45) is -0.771. The van der Waals surface area contributed by atoms with Crippen molar-refractivity contribution < 1.29 is 28.2 Å². The number of nitrogens with one attached hydrogen (secondary N) is 1. The van der Waals surface area contributed by atoms with Gasteiger partial charge in [-0.1, -0.05) is 0 Å². The van der Waals surface area contributed by atoms with Gasteiger partial charge in [0.15, 0.2) is 0 Å². The van der Waals surface area contributed by atoms with Gasteiger partial charge in [-0.2, -0.15) is 17.4 Å². The Morgan fingerprint density at radius 1 is 1.47 bits per heavy atom. The maximum absolute atomic E-state index is 12.5. The Kier molecular flexibility index (Phi) is 6.16. The summed E-state index contributed by atoms with van der Waals surface area (Å²) in [7, 11) is -4.36. The van der Waals surface area contributed by atoms with Crippen LogP contribution in [0.2, 0.25) is 0 Å². The molecule has 0 aromatic carbocycles. The van der Waals surface area contributed by atoms with Crippen molar-refractivity contribution >= 4 is 55.7 Å². The SMILES string of the molecule is CC(C)(C)N(C(=O)O)S(=O)(=O)NC[C@H]1O[C@@H](n2cc(I)c3c(N)ncnc32)C[C@@H]1O. The van der Waals surface area contributed by atoms with E-state index in [0.717, 1.165) is 3.57 Å². The van der Waals surface area contributed by atoms with Gasteiger partial charge in [-0.05, 0) is 43.4 Å². The molecule has 166 valence electrons. The molecule has 30 heavy (non-hydrogen) atoms. The third-order valence-corrected chi connectivity index (χ3v) is 7.13. The molecule has 1 saturated heterocycles. The van der Waals surface area contributed by atoms with E-state index >= 15 is 0 Å². The van der Waals surface area contributed by atoms with E-state index in [1.807, 2.05) is 0 Å². The number of aliphatic hydroxyl groups is 1. The number of carboxylic acid groups (broad SMARTS) is 1. The van der Waals surface area contributed by atoms with Crippen molar-refractivity contribution in [3.63, 3.8) is 0 Å². The second kappa shape index (κ2) is 8.07. The van der Waals surface area contributed by atoms with Crippen LogP contribution in [0.25, 0.3) is 11.0 Å². The monoisotopic (exact) mass is 554 g/mol. The summed E-state index contributed by atoms with van der Waals surface area (Å²) in [6.45, 7) is 4.09. The normalized spacial score (nSPS) is 22.5. The first-order valence-corrected chi connectivity index (χ1v) is 11.5. The number of nitrogen functional groups attached to an aromatic ring is 1. The van der Waals surface area contributed by atoms with Crippen LogP contribution in [0.1, 0.15) is 33.4 Å². The van der Waals surface area contributed by atoms with Crippen LogP contribution < -0.4 is 10.5 Å². The van der Waals surface area contributed by atoms with Crippen molar-refractivity contribution in [2.24, 2.45) is 0 Å². The van der Waals surface area contributed by atoms with Gasteiger partial charge in [-0.15, -0.1) is 0 Å². The molecule has 1 aliphatic rings. The zero-order valence-electron chi connectivity index (χ0n) is 16.5. The standard InChI is InChI=1S/C16H23IN6O6S/c1-16(2,3)23(15(25)26)30(27,28)21-5-10-9(24)4-11(29-10)22-6-8(17)12-13(18)19-7-20-14(12)22/h6-7,9-11,21,24H,4-5H2,1-3H3,(H,25,26)(H2,18,19,20)/t9-,10+,11+/m0/s1. The Morgan fingerprint density at radius 3 is 2.73 bits per heavy atom. The molecule has 1 amide bonds. The number of carbonyl (C=O) groups is 1. The van der Waals surface area contributed by atoms with Crippen molar-refractivity contribution in [1.29, 1.82) is 0 Å². The van der Waals surface area contributed by atoms with Crippen molar-refractivity contribution in [3.05, 3.63) is 16.1 Å². The van der Waals surface area contributed by atoms with E-state index in [1.165, 1.54) is 27.1 Å². The van der Waals surface area contributed by atoms with Gasteiger partial charge < -0.3 is 25.3 Å². The topological polar surface area (TPSA) is 173 Å². The number of hydrogen-bond donors (Lipinski definition) is 4. The highest BCUT2D eigenvalue weighted by Gasteiger charge is 2.40. The Hall–Kier alpha value is -1.75. The zero-order chi connectivity index (χ0) is 22.4. The van der Waals surface area contributed by atoms with Crippen LogP contribution in [0.4, 0.5) is 10.6 Å². The molecule has 1 fully saturated rings. The van der Waals surface area contributed by atoms with E-state index in [2.05, 4.69) is 37.3 Å². The lowest BCUT2D eigenvalue weighted by molar-refractivity contribution is -0.0133. The minimum Gasteiger partial charge on any atom is -0.464 e. The Balaban J connectivity index is 1.77. The highest BCUT2D eigenvalue weighted by molar-refractivity contribution is 14.1. The summed E-state index contributed by atoms with van der Waals surface area (Å²) in [5, 5.41) is 20.4. The van der Waals surface area contributed by atoms with Gasteiger partial charge in [0.05, 0.1) is 23.1 Å². The molecular formula is C16H23IN6O6S. The lowest BCUT2D eigenvalue weighted by Gasteiger charge is -2.32. The smallest absolute Gasteiger partial charge is 0.422 e. The van der Waals surface area contributed by atoms with Gasteiger partial charge in [0, 0.05) is 22.7 Å². The molecule has 0 bridgehead atoms. The molecule has 2 aromatic heterocycles. The summed E-state index contributed by atoms with van der Waals surface area (Å²) in [5.74, 6) is 0.321. The summed E-state index contributed by atoms with van der Waals surface area (Å²) in [5.41, 5.74) is 5.27. The van der Waals surface area contributed by atoms with Crippen LogP contribution in [-0.4, -0.2) is 67.9 Å². The molecule has 3 rings (SSSR count). The van der Waals surface area contributed by atoms with Crippen LogP contribution >= 0.6 is 22.6 Å². The highest BCUT2D eigenvalue weighted by Crippen LogP contribution is 2.34. The highest BCUT2D eigenvalue weighted by atomic mass is 127. The third kappa shape index (κ3) is 4.32. The van der Waals surface area contributed by atoms with Gasteiger partial charge in [-0.25, -0.2) is 14.8 Å². The average molecular weight is 554 g/mol. The molecular weight excluding hydrogens is 531 g/mol. The maximum atomic E-state index is 12.5. The fourth-order valence-electron chi connectivity index (χ4n) is 3.35. The van der Waals surface area contributed by atoms with Gasteiger partial charge in [-0.3, -0.25) is 0 Å². The largest absolute Gasteiger partial charge is 0.464 e. The first kappa shape index (κ1) is 22.9. The molecule has 0 radical (unpaired) electrons.